The summed E-state index contributed by atoms with van der Waals surface area (Å²) in [6.45, 7) is 1.48. The van der Waals surface area contributed by atoms with Gasteiger partial charge >= 0.3 is 5.97 Å². The second-order valence-corrected chi connectivity index (χ2v) is 1.83. The predicted molar refractivity (Wildman–Crippen MR) is 32.9 cm³/mol. The van der Waals surface area contributed by atoms with Crippen LogP contribution in [0.3, 0.4) is 0 Å². The lowest BCUT2D eigenvalue weighted by atomic mass is 10.4. The van der Waals surface area contributed by atoms with Gasteiger partial charge in [-0.2, -0.15) is 5.26 Å². The van der Waals surface area contributed by atoms with Gasteiger partial charge in [-0.25, -0.2) is 9.78 Å². The minimum atomic E-state index is -1.28. The molecule has 0 unspecified atom stereocenters. The zero-order chi connectivity index (χ0) is 8.43. The monoisotopic (exact) mass is 152 g/mol. The van der Waals surface area contributed by atoms with Crippen molar-refractivity contribution in [2.75, 3.05) is 0 Å². The molecule has 1 N–H and O–H groups in total. The molecule has 1 heterocycles. The third-order valence-corrected chi connectivity index (χ3v) is 1.03. The summed E-state index contributed by atoms with van der Waals surface area (Å²) < 4.78 is 4.63. The second kappa shape index (κ2) is 2.42. The first-order valence-corrected chi connectivity index (χ1v) is 2.76. The van der Waals surface area contributed by atoms with Crippen molar-refractivity contribution in [1.82, 2.24) is 4.98 Å². The van der Waals surface area contributed by atoms with E-state index in [1.165, 1.54) is 6.92 Å². The predicted octanol–water partition coefficient (Wildman–Crippen LogP) is 0.553. The van der Waals surface area contributed by atoms with Crippen LogP contribution in [-0.2, 0) is 0 Å². The molecule has 0 saturated carbocycles. The molecule has 0 aliphatic rings. The lowest BCUT2D eigenvalue weighted by molar-refractivity contribution is 0.0660. The fourth-order valence-electron chi connectivity index (χ4n) is 0.648. The highest BCUT2D eigenvalue weighted by Gasteiger charge is 2.16. The van der Waals surface area contributed by atoms with Crippen LogP contribution in [0, 0.1) is 18.3 Å². The molecule has 0 bridgehead atoms. The number of aromatic carboxylic acids is 1. The Balaban J connectivity index is 3.26. The summed E-state index contributed by atoms with van der Waals surface area (Å²) in [7, 11) is 0. The molecule has 1 rings (SSSR count). The molecule has 0 saturated heterocycles. The van der Waals surface area contributed by atoms with E-state index in [2.05, 4.69) is 9.40 Å². The topological polar surface area (TPSA) is 87.1 Å². The Kier molecular flexibility index (Phi) is 1.60. The maximum atomic E-state index is 10.3. The maximum Gasteiger partial charge on any atom is 0.374 e. The smallest absolute Gasteiger partial charge is 0.374 e. The van der Waals surface area contributed by atoms with Gasteiger partial charge in [-0.3, -0.25) is 0 Å². The molecule has 56 valence electrons. The Morgan fingerprint density at radius 1 is 1.82 bits per heavy atom. The Morgan fingerprint density at radius 2 is 2.45 bits per heavy atom. The fourth-order valence-corrected chi connectivity index (χ4v) is 0.648. The van der Waals surface area contributed by atoms with E-state index in [-0.39, 0.29) is 11.6 Å². The molecular weight excluding hydrogens is 148 g/mol. The van der Waals surface area contributed by atoms with Crippen LogP contribution in [-0.4, -0.2) is 16.1 Å². The van der Waals surface area contributed by atoms with Crippen molar-refractivity contribution in [2.24, 2.45) is 0 Å². The van der Waals surface area contributed by atoms with Crippen LogP contribution in [0.4, 0.5) is 0 Å². The van der Waals surface area contributed by atoms with Crippen LogP contribution in [0.1, 0.15) is 22.1 Å². The minimum absolute atomic E-state index is 0.180. The zero-order valence-electron chi connectivity index (χ0n) is 5.66. The molecule has 0 atom stereocenters. The lowest BCUT2D eigenvalue weighted by Gasteiger charge is -1.82. The summed E-state index contributed by atoms with van der Waals surface area (Å²) in [5, 5.41) is 16.8. The summed E-state index contributed by atoms with van der Waals surface area (Å²) in [4.78, 5) is 13.9. The molecule has 0 radical (unpaired) electrons. The van der Waals surface area contributed by atoms with Crippen molar-refractivity contribution >= 4 is 5.97 Å². The van der Waals surface area contributed by atoms with Crippen molar-refractivity contribution in [2.45, 2.75) is 6.92 Å². The summed E-state index contributed by atoms with van der Waals surface area (Å²) in [6.07, 6.45) is 0. The number of carboxylic acid groups (broad SMARTS) is 1. The molecule has 1 aromatic heterocycles. The average molecular weight is 152 g/mol. The number of aromatic nitrogens is 1. The molecule has 5 nitrogen and oxygen atoms in total. The molecule has 0 amide bonds. The van der Waals surface area contributed by atoms with Crippen LogP contribution >= 0.6 is 0 Å². The fraction of sp³-hybridized carbons (Fsp3) is 0.167. The van der Waals surface area contributed by atoms with Crippen molar-refractivity contribution in [1.29, 1.82) is 5.26 Å². The highest BCUT2D eigenvalue weighted by Crippen LogP contribution is 2.08. The third kappa shape index (κ3) is 1.19. The highest BCUT2D eigenvalue weighted by atomic mass is 16.4. The number of oxazole rings is 1. The van der Waals surface area contributed by atoms with Crippen molar-refractivity contribution in [3.63, 3.8) is 0 Å². The Labute approximate surface area is 61.9 Å². The number of rotatable bonds is 1. The number of nitrogens with zero attached hydrogens (tertiary/aromatic N) is 2. The molecular formula is C6H4N2O3. The van der Waals surface area contributed by atoms with E-state index in [0.29, 0.717) is 0 Å². The Hall–Kier alpha value is -1.83. The standard InChI is InChI=1S/C6H4N2O3/c1-3-8-4(2-7)5(11-3)6(9)10/h1H3,(H,9,10). The second-order valence-electron chi connectivity index (χ2n) is 1.83. The SMILES string of the molecule is Cc1nc(C#N)c(C(=O)O)o1. The average Bonchev–Trinajstić information content (AvgIpc) is 2.30. The Bertz CT molecular complexity index is 334. The molecule has 11 heavy (non-hydrogen) atoms. The number of hydrogen-bond donors (Lipinski definition) is 1. The van der Waals surface area contributed by atoms with Crippen LogP contribution in [0.25, 0.3) is 0 Å². The number of carboxylic acids is 1. The first-order chi connectivity index (χ1) is 5.15. The van der Waals surface area contributed by atoms with E-state index in [1.807, 2.05) is 0 Å². The quantitative estimate of drug-likeness (QED) is 0.634. The van der Waals surface area contributed by atoms with Gasteiger partial charge in [0.05, 0.1) is 0 Å². The highest BCUT2D eigenvalue weighted by molar-refractivity contribution is 5.86. The normalized spacial score (nSPS) is 9.09. The number of aryl methyl sites for hydroxylation is 1. The van der Waals surface area contributed by atoms with Crippen LogP contribution < -0.4 is 0 Å². The summed E-state index contributed by atoms with van der Waals surface area (Å²) in [5.74, 6) is -1.49. The van der Waals surface area contributed by atoms with Gasteiger partial charge in [0, 0.05) is 6.92 Å². The van der Waals surface area contributed by atoms with Crippen molar-refractivity contribution < 1.29 is 14.3 Å². The zero-order valence-corrected chi connectivity index (χ0v) is 5.66. The first-order valence-electron chi connectivity index (χ1n) is 2.76. The summed E-state index contributed by atoms with van der Waals surface area (Å²) in [5.41, 5.74) is -0.185. The molecule has 1 aromatic rings. The molecule has 5 heteroatoms. The molecule has 0 aromatic carbocycles. The van der Waals surface area contributed by atoms with Gasteiger partial charge in [0.25, 0.3) is 0 Å². The van der Waals surface area contributed by atoms with Gasteiger partial charge in [0.2, 0.25) is 5.76 Å². The first kappa shape index (κ1) is 7.28. The minimum Gasteiger partial charge on any atom is -0.475 e. The van der Waals surface area contributed by atoms with E-state index in [0.717, 1.165) is 0 Å². The maximum absolute atomic E-state index is 10.3. The van der Waals surface area contributed by atoms with Gasteiger partial charge in [0.1, 0.15) is 6.07 Å². The molecule has 0 fully saturated rings. The largest absolute Gasteiger partial charge is 0.475 e. The summed E-state index contributed by atoms with van der Waals surface area (Å²) in [6, 6.07) is 1.61. The number of hydrogen-bond acceptors (Lipinski definition) is 4. The molecule has 0 spiro atoms. The third-order valence-electron chi connectivity index (χ3n) is 1.03. The number of nitriles is 1. The number of carbonyl (C=O) groups is 1. The van der Waals surface area contributed by atoms with Crippen LogP contribution in [0.5, 0.6) is 0 Å². The van der Waals surface area contributed by atoms with Gasteiger partial charge in [-0.15, -0.1) is 0 Å². The van der Waals surface area contributed by atoms with Crippen LogP contribution in [0.15, 0.2) is 4.42 Å². The molecule has 0 aliphatic carbocycles. The lowest BCUT2D eigenvalue weighted by Crippen LogP contribution is -1.96. The molecule has 0 aliphatic heterocycles. The van der Waals surface area contributed by atoms with E-state index in [1.54, 1.807) is 6.07 Å². The van der Waals surface area contributed by atoms with E-state index < -0.39 is 11.7 Å². The van der Waals surface area contributed by atoms with Crippen LogP contribution in [0.2, 0.25) is 0 Å². The van der Waals surface area contributed by atoms with Gasteiger partial charge in [-0.1, -0.05) is 0 Å². The van der Waals surface area contributed by atoms with Crippen molar-refractivity contribution in [3.05, 3.63) is 17.3 Å². The van der Waals surface area contributed by atoms with Gasteiger partial charge < -0.3 is 9.52 Å². The Morgan fingerprint density at radius 3 is 2.82 bits per heavy atom. The van der Waals surface area contributed by atoms with E-state index in [9.17, 15) is 4.79 Å². The van der Waals surface area contributed by atoms with E-state index in [4.69, 9.17) is 10.4 Å². The van der Waals surface area contributed by atoms with E-state index >= 15 is 0 Å². The van der Waals surface area contributed by atoms with Gasteiger partial charge in [-0.05, 0) is 0 Å². The summed E-state index contributed by atoms with van der Waals surface area (Å²) >= 11 is 0. The van der Waals surface area contributed by atoms with Crippen molar-refractivity contribution in [3.8, 4) is 6.07 Å². The van der Waals surface area contributed by atoms with Gasteiger partial charge in [0.15, 0.2) is 11.6 Å².